The van der Waals surface area contributed by atoms with Crippen molar-refractivity contribution in [2.24, 2.45) is 11.7 Å². The van der Waals surface area contributed by atoms with Crippen molar-refractivity contribution in [2.75, 3.05) is 17.2 Å². The van der Waals surface area contributed by atoms with Gasteiger partial charge >= 0.3 is 6.36 Å². The number of ether oxygens (including phenoxy) is 1. The van der Waals surface area contributed by atoms with Crippen LogP contribution in [-0.4, -0.2) is 24.7 Å². The summed E-state index contributed by atoms with van der Waals surface area (Å²) in [6.45, 7) is 0.0534. The number of rotatable bonds is 3. The lowest BCUT2D eigenvalue weighted by Crippen LogP contribution is -2.29. The molecule has 4 N–H and O–H groups in total. The van der Waals surface area contributed by atoms with Crippen LogP contribution in [0.5, 0.6) is 5.75 Å². The number of anilines is 2. The van der Waals surface area contributed by atoms with E-state index in [0.29, 0.717) is 0 Å². The van der Waals surface area contributed by atoms with Crippen molar-refractivity contribution in [3.8, 4) is 5.75 Å². The van der Waals surface area contributed by atoms with E-state index in [0.717, 1.165) is 12.1 Å². The molecular weight excluding hydrogens is 291 g/mol. The number of carbonyl (C=O) groups is 2. The Morgan fingerprint density at radius 1 is 1.38 bits per heavy atom. The molecule has 1 atom stereocenters. The van der Waals surface area contributed by atoms with Crippen LogP contribution in [0.25, 0.3) is 0 Å². The Hall–Kier alpha value is -2.45. The molecule has 0 aliphatic carbocycles. The SMILES string of the molecule is NC(=O)C1CC(=O)N(c2ccc(OC(F)(F)F)cc2N)C1. The Morgan fingerprint density at radius 3 is 2.52 bits per heavy atom. The summed E-state index contributed by atoms with van der Waals surface area (Å²) in [5, 5.41) is 0. The molecule has 1 aromatic rings. The first-order chi connectivity index (χ1) is 9.67. The smallest absolute Gasteiger partial charge is 0.406 e. The molecule has 0 aromatic heterocycles. The number of carbonyl (C=O) groups excluding carboxylic acids is 2. The predicted molar refractivity (Wildman–Crippen MR) is 67.2 cm³/mol. The van der Waals surface area contributed by atoms with Gasteiger partial charge in [-0.1, -0.05) is 0 Å². The Bertz CT molecular complexity index is 589. The fraction of sp³-hybridized carbons (Fsp3) is 0.333. The fourth-order valence-corrected chi connectivity index (χ4v) is 2.11. The first kappa shape index (κ1) is 14.9. The van der Waals surface area contributed by atoms with Crippen molar-refractivity contribution in [3.63, 3.8) is 0 Å². The van der Waals surface area contributed by atoms with Crippen LogP contribution in [0.4, 0.5) is 24.5 Å². The molecule has 1 fully saturated rings. The second-order valence-corrected chi connectivity index (χ2v) is 4.58. The third kappa shape index (κ3) is 3.36. The highest BCUT2D eigenvalue weighted by atomic mass is 19.4. The maximum atomic E-state index is 12.1. The third-order valence-electron chi connectivity index (χ3n) is 3.05. The summed E-state index contributed by atoms with van der Waals surface area (Å²) in [5.41, 5.74) is 10.9. The van der Waals surface area contributed by atoms with Crippen LogP contribution in [0, 0.1) is 5.92 Å². The van der Waals surface area contributed by atoms with Gasteiger partial charge in [0.25, 0.3) is 0 Å². The molecule has 9 heteroatoms. The lowest BCUT2D eigenvalue weighted by Gasteiger charge is -2.19. The molecule has 1 aliphatic heterocycles. The Balaban J connectivity index is 2.22. The number of nitrogens with zero attached hydrogens (tertiary/aromatic N) is 1. The van der Waals surface area contributed by atoms with E-state index in [-0.39, 0.29) is 30.2 Å². The van der Waals surface area contributed by atoms with Gasteiger partial charge in [0.2, 0.25) is 11.8 Å². The van der Waals surface area contributed by atoms with Crippen molar-refractivity contribution < 1.29 is 27.5 Å². The van der Waals surface area contributed by atoms with E-state index in [1.807, 2.05) is 0 Å². The molecule has 0 radical (unpaired) electrons. The summed E-state index contributed by atoms with van der Waals surface area (Å²) in [5.74, 6) is -2.10. The van der Waals surface area contributed by atoms with Gasteiger partial charge in [-0.05, 0) is 12.1 Å². The van der Waals surface area contributed by atoms with E-state index < -0.39 is 23.9 Å². The molecule has 0 spiro atoms. The van der Waals surface area contributed by atoms with Crippen molar-refractivity contribution in [3.05, 3.63) is 18.2 Å². The molecule has 1 aliphatic rings. The number of nitrogen functional groups attached to an aromatic ring is 1. The minimum absolute atomic E-state index is 0.0461. The van der Waals surface area contributed by atoms with Crippen LogP contribution < -0.4 is 21.1 Å². The highest BCUT2D eigenvalue weighted by molar-refractivity contribution is 6.02. The summed E-state index contributed by atoms with van der Waals surface area (Å²) in [6, 6.07) is 3.25. The van der Waals surface area contributed by atoms with Gasteiger partial charge in [0, 0.05) is 19.0 Å². The van der Waals surface area contributed by atoms with Gasteiger partial charge in [0.05, 0.1) is 17.3 Å². The molecule has 1 aromatic carbocycles. The Morgan fingerprint density at radius 2 is 2.05 bits per heavy atom. The molecule has 2 amide bonds. The van der Waals surface area contributed by atoms with Crippen LogP contribution >= 0.6 is 0 Å². The predicted octanol–water partition coefficient (Wildman–Crippen LogP) is 1.01. The number of hydrogen-bond acceptors (Lipinski definition) is 4. The van der Waals surface area contributed by atoms with Gasteiger partial charge in [0.1, 0.15) is 5.75 Å². The molecule has 1 saturated heterocycles. The molecule has 21 heavy (non-hydrogen) atoms. The Labute approximate surface area is 117 Å². The number of hydrogen-bond donors (Lipinski definition) is 2. The van der Waals surface area contributed by atoms with Gasteiger partial charge < -0.3 is 21.1 Å². The quantitative estimate of drug-likeness (QED) is 0.814. The third-order valence-corrected chi connectivity index (χ3v) is 3.05. The van der Waals surface area contributed by atoms with Crippen molar-refractivity contribution >= 4 is 23.2 Å². The molecule has 0 bridgehead atoms. The summed E-state index contributed by atoms with van der Waals surface area (Å²) in [7, 11) is 0. The van der Waals surface area contributed by atoms with E-state index in [4.69, 9.17) is 11.5 Å². The number of halogens is 3. The van der Waals surface area contributed by atoms with Gasteiger partial charge in [-0.15, -0.1) is 13.2 Å². The topological polar surface area (TPSA) is 98.7 Å². The molecule has 2 rings (SSSR count). The van der Waals surface area contributed by atoms with Gasteiger partial charge in [-0.3, -0.25) is 9.59 Å². The number of nitrogens with two attached hydrogens (primary N) is 2. The zero-order valence-electron chi connectivity index (χ0n) is 10.7. The average Bonchev–Trinajstić information content (AvgIpc) is 2.69. The second-order valence-electron chi connectivity index (χ2n) is 4.58. The first-order valence-electron chi connectivity index (χ1n) is 5.92. The van der Waals surface area contributed by atoms with E-state index >= 15 is 0 Å². The van der Waals surface area contributed by atoms with Crippen LogP contribution in [0.2, 0.25) is 0 Å². The van der Waals surface area contributed by atoms with Crippen LogP contribution in [0.15, 0.2) is 18.2 Å². The fourth-order valence-electron chi connectivity index (χ4n) is 2.11. The van der Waals surface area contributed by atoms with Crippen molar-refractivity contribution in [2.45, 2.75) is 12.8 Å². The highest BCUT2D eigenvalue weighted by Gasteiger charge is 2.35. The average molecular weight is 303 g/mol. The van der Waals surface area contributed by atoms with Crippen LogP contribution in [0.3, 0.4) is 0 Å². The van der Waals surface area contributed by atoms with E-state index in [1.54, 1.807) is 0 Å². The normalized spacial score (nSPS) is 18.9. The maximum absolute atomic E-state index is 12.1. The second kappa shape index (κ2) is 5.15. The van der Waals surface area contributed by atoms with Crippen LogP contribution in [-0.2, 0) is 9.59 Å². The molecule has 1 unspecified atom stereocenters. The lowest BCUT2D eigenvalue weighted by molar-refractivity contribution is -0.274. The minimum Gasteiger partial charge on any atom is -0.406 e. The molecule has 114 valence electrons. The zero-order chi connectivity index (χ0) is 15.8. The van der Waals surface area contributed by atoms with E-state index in [1.165, 1.54) is 11.0 Å². The monoisotopic (exact) mass is 303 g/mol. The lowest BCUT2D eigenvalue weighted by atomic mass is 10.1. The maximum Gasteiger partial charge on any atom is 0.573 e. The molecule has 6 nitrogen and oxygen atoms in total. The molecule has 1 heterocycles. The zero-order valence-corrected chi connectivity index (χ0v) is 10.7. The van der Waals surface area contributed by atoms with E-state index in [9.17, 15) is 22.8 Å². The Kier molecular flexibility index (Phi) is 3.67. The number of benzene rings is 1. The highest BCUT2D eigenvalue weighted by Crippen LogP contribution is 2.33. The summed E-state index contributed by atoms with van der Waals surface area (Å²) < 4.78 is 40.0. The van der Waals surface area contributed by atoms with E-state index in [2.05, 4.69) is 4.74 Å². The van der Waals surface area contributed by atoms with Gasteiger partial charge in [0.15, 0.2) is 0 Å². The minimum atomic E-state index is -4.82. The van der Waals surface area contributed by atoms with Crippen molar-refractivity contribution in [1.82, 2.24) is 0 Å². The number of alkyl halides is 3. The van der Waals surface area contributed by atoms with Crippen molar-refractivity contribution in [1.29, 1.82) is 0 Å². The van der Waals surface area contributed by atoms with Gasteiger partial charge in [-0.2, -0.15) is 0 Å². The van der Waals surface area contributed by atoms with Gasteiger partial charge in [-0.25, -0.2) is 0 Å². The summed E-state index contributed by atoms with van der Waals surface area (Å²) in [4.78, 5) is 24.1. The number of amides is 2. The largest absolute Gasteiger partial charge is 0.573 e. The molecular formula is C12H12F3N3O3. The van der Waals surface area contributed by atoms with Crippen LogP contribution in [0.1, 0.15) is 6.42 Å². The first-order valence-corrected chi connectivity index (χ1v) is 5.92. The standard InChI is InChI=1S/C12H12F3N3O3/c13-12(14,15)21-7-1-2-9(8(16)4-7)18-5-6(11(17)20)3-10(18)19/h1-2,4,6H,3,5,16H2,(H2,17,20). The number of primary amides is 1. The summed E-state index contributed by atoms with van der Waals surface area (Å²) >= 11 is 0. The summed E-state index contributed by atoms with van der Waals surface area (Å²) in [6.07, 6.45) is -4.87. The molecule has 0 saturated carbocycles.